The molecule has 0 spiro atoms. The molecular weight excluding hydrogens is 408 g/mol. The van der Waals surface area contributed by atoms with Gasteiger partial charge in [-0.05, 0) is 56.5 Å². The van der Waals surface area contributed by atoms with Crippen LogP contribution in [-0.4, -0.2) is 42.4 Å². The van der Waals surface area contributed by atoms with Gasteiger partial charge in [0.1, 0.15) is 0 Å². The monoisotopic (exact) mass is 456 g/mol. The molecule has 1 unspecified atom stereocenters. The lowest BCUT2D eigenvalue weighted by atomic mass is 10.0. The van der Waals surface area contributed by atoms with Crippen LogP contribution in [-0.2, 0) is 18.4 Å². The molecular formula is C24H48O4Si2. The number of carbonyl (C=O) groups excluding carboxylic acids is 1. The van der Waals surface area contributed by atoms with Gasteiger partial charge in [0, 0.05) is 25.2 Å². The molecule has 4 nitrogen and oxygen atoms in total. The van der Waals surface area contributed by atoms with Crippen LogP contribution in [0.25, 0.3) is 0 Å². The van der Waals surface area contributed by atoms with E-state index in [1.165, 1.54) is 6.08 Å². The Bertz CT molecular complexity index is 593. The van der Waals surface area contributed by atoms with Gasteiger partial charge in [0.2, 0.25) is 0 Å². The molecule has 0 fully saturated rings. The van der Waals surface area contributed by atoms with E-state index in [0.717, 1.165) is 18.6 Å². The fourth-order valence-electron chi connectivity index (χ4n) is 2.25. The first-order valence-electron chi connectivity index (χ1n) is 11.2. The van der Waals surface area contributed by atoms with E-state index in [1.807, 2.05) is 19.9 Å². The number of ether oxygens (including phenoxy) is 1. The maximum absolute atomic E-state index is 11.6. The Balaban J connectivity index is 5.26. The first kappa shape index (κ1) is 29.3. The maximum Gasteiger partial charge on any atom is 0.330 e. The number of rotatable bonds is 11. The highest BCUT2D eigenvalue weighted by Crippen LogP contribution is 2.38. The van der Waals surface area contributed by atoms with Gasteiger partial charge < -0.3 is 13.6 Å². The molecule has 6 heteroatoms. The predicted molar refractivity (Wildman–Crippen MR) is 134 cm³/mol. The van der Waals surface area contributed by atoms with Gasteiger partial charge in [-0.1, -0.05) is 59.3 Å². The lowest BCUT2D eigenvalue weighted by molar-refractivity contribution is -0.137. The van der Waals surface area contributed by atoms with Crippen molar-refractivity contribution in [3.8, 4) is 0 Å². The van der Waals surface area contributed by atoms with Gasteiger partial charge in [-0.3, -0.25) is 0 Å². The zero-order chi connectivity index (χ0) is 23.8. The van der Waals surface area contributed by atoms with Gasteiger partial charge in [0.15, 0.2) is 16.6 Å². The molecule has 0 saturated heterocycles. The molecule has 0 aliphatic rings. The highest BCUT2D eigenvalue weighted by molar-refractivity contribution is 6.74. The Labute approximate surface area is 188 Å². The summed E-state index contributed by atoms with van der Waals surface area (Å²) in [5.41, 5.74) is 1.04. The van der Waals surface area contributed by atoms with E-state index in [0.29, 0.717) is 13.2 Å². The van der Waals surface area contributed by atoms with Crippen LogP contribution in [0.4, 0.5) is 0 Å². The molecule has 176 valence electrons. The molecule has 0 N–H and O–H groups in total. The van der Waals surface area contributed by atoms with E-state index < -0.39 is 16.6 Å². The number of allylic oxidation sites excluding steroid dienone is 2. The average Bonchev–Trinajstić information content (AvgIpc) is 2.56. The molecule has 0 heterocycles. The third kappa shape index (κ3) is 10.6. The second-order valence-corrected chi connectivity index (χ2v) is 20.8. The van der Waals surface area contributed by atoms with Crippen LogP contribution >= 0.6 is 0 Å². The highest BCUT2D eigenvalue weighted by atomic mass is 28.4. The van der Waals surface area contributed by atoms with Crippen molar-refractivity contribution in [3.63, 3.8) is 0 Å². The first-order chi connectivity index (χ1) is 13.4. The van der Waals surface area contributed by atoms with E-state index in [9.17, 15) is 4.79 Å². The lowest BCUT2D eigenvalue weighted by Gasteiger charge is -2.38. The van der Waals surface area contributed by atoms with E-state index in [-0.39, 0.29) is 22.0 Å². The smallest absolute Gasteiger partial charge is 0.330 e. The summed E-state index contributed by atoms with van der Waals surface area (Å²) in [6.07, 6.45) is 6.43. The minimum absolute atomic E-state index is 0.178. The zero-order valence-electron chi connectivity index (χ0n) is 21.8. The number of hydrogen-bond acceptors (Lipinski definition) is 4. The number of hydrogen-bond donors (Lipinski definition) is 0. The Morgan fingerprint density at radius 2 is 1.40 bits per heavy atom. The minimum atomic E-state index is -1.83. The summed E-state index contributed by atoms with van der Waals surface area (Å²) < 4.78 is 17.9. The summed E-state index contributed by atoms with van der Waals surface area (Å²) in [5, 5.41) is 0.381. The number of esters is 1. The molecule has 0 bridgehead atoms. The molecule has 1 atom stereocenters. The zero-order valence-corrected chi connectivity index (χ0v) is 23.8. The normalized spacial score (nSPS) is 15.5. The quantitative estimate of drug-likeness (QED) is 0.144. The van der Waals surface area contributed by atoms with Gasteiger partial charge in [0.05, 0.1) is 6.61 Å². The molecule has 0 aliphatic carbocycles. The Hall–Kier alpha value is -0.696. The SMILES string of the molecule is CCOC(=O)/C=C/C(C)=C/C(CCO[Si](C)(C)C(C)(C)C)CO[Si](C)(C)C(C)(C)C. The van der Waals surface area contributed by atoms with Gasteiger partial charge in [-0.25, -0.2) is 4.79 Å². The summed E-state index contributed by atoms with van der Waals surface area (Å²) in [7, 11) is -3.59. The first-order valence-corrected chi connectivity index (χ1v) is 17.1. The second-order valence-electron chi connectivity index (χ2n) is 11.2. The van der Waals surface area contributed by atoms with Gasteiger partial charge >= 0.3 is 5.97 Å². The van der Waals surface area contributed by atoms with Crippen LogP contribution in [0.1, 0.15) is 61.8 Å². The van der Waals surface area contributed by atoms with Gasteiger partial charge in [0.25, 0.3) is 0 Å². The van der Waals surface area contributed by atoms with Crippen LogP contribution < -0.4 is 0 Å². The van der Waals surface area contributed by atoms with Crippen molar-refractivity contribution in [2.24, 2.45) is 5.92 Å². The van der Waals surface area contributed by atoms with Crippen molar-refractivity contribution in [2.45, 2.75) is 98.1 Å². The van der Waals surface area contributed by atoms with E-state index in [1.54, 1.807) is 0 Å². The molecule has 30 heavy (non-hydrogen) atoms. The highest BCUT2D eigenvalue weighted by Gasteiger charge is 2.38. The van der Waals surface area contributed by atoms with Crippen molar-refractivity contribution < 1.29 is 18.4 Å². The van der Waals surface area contributed by atoms with Crippen molar-refractivity contribution in [3.05, 3.63) is 23.8 Å². The summed E-state index contributed by atoms with van der Waals surface area (Å²) in [5.74, 6) is -0.0590. The van der Waals surface area contributed by atoms with E-state index in [2.05, 4.69) is 73.8 Å². The summed E-state index contributed by atoms with van der Waals surface area (Å²) in [4.78, 5) is 11.6. The van der Waals surface area contributed by atoms with Crippen molar-refractivity contribution in [1.29, 1.82) is 0 Å². The van der Waals surface area contributed by atoms with Crippen LogP contribution in [0.2, 0.25) is 36.3 Å². The van der Waals surface area contributed by atoms with E-state index in [4.69, 9.17) is 13.6 Å². The molecule has 0 rings (SSSR count). The van der Waals surface area contributed by atoms with Crippen molar-refractivity contribution in [2.75, 3.05) is 19.8 Å². The molecule has 0 aromatic heterocycles. The van der Waals surface area contributed by atoms with E-state index >= 15 is 0 Å². The Kier molecular flexibility index (Phi) is 11.5. The largest absolute Gasteiger partial charge is 0.463 e. The van der Waals surface area contributed by atoms with Crippen LogP contribution in [0.5, 0.6) is 0 Å². The summed E-state index contributed by atoms with van der Waals surface area (Å²) >= 11 is 0. The van der Waals surface area contributed by atoms with Crippen LogP contribution in [0, 0.1) is 5.92 Å². The minimum Gasteiger partial charge on any atom is -0.463 e. The molecule has 0 aromatic rings. The van der Waals surface area contributed by atoms with Crippen molar-refractivity contribution >= 4 is 22.6 Å². The van der Waals surface area contributed by atoms with Crippen LogP contribution in [0.15, 0.2) is 23.8 Å². The second kappa shape index (κ2) is 11.8. The third-order valence-corrected chi connectivity index (χ3v) is 15.5. The van der Waals surface area contributed by atoms with Crippen LogP contribution in [0.3, 0.4) is 0 Å². The fourth-order valence-corrected chi connectivity index (χ4v) is 4.37. The Morgan fingerprint density at radius 1 is 0.900 bits per heavy atom. The molecule has 0 saturated carbocycles. The van der Waals surface area contributed by atoms with Gasteiger partial charge in [-0.2, -0.15) is 0 Å². The maximum atomic E-state index is 11.6. The average molecular weight is 457 g/mol. The standard InChI is InChI=1S/C24H48O4Si2/c1-13-26-22(25)15-14-20(2)18-21(19-28-30(11,12)24(6,7)8)16-17-27-29(9,10)23(3,4)5/h14-15,18,21H,13,16-17,19H2,1-12H3/b15-14+,20-18+. The summed E-state index contributed by atoms with van der Waals surface area (Å²) in [6.45, 7) is 28.4. The van der Waals surface area contributed by atoms with Gasteiger partial charge in [-0.15, -0.1) is 0 Å². The molecule has 0 aromatic carbocycles. The predicted octanol–water partition coefficient (Wildman–Crippen LogP) is 7.10. The third-order valence-electron chi connectivity index (χ3n) is 6.49. The van der Waals surface area contributed by atoms with Crippen molar-refractivity contribution in [1.82, 2.24) is 0 Å². The topological polar surface area (TPSA) is 44.8 Å². The molecule has 0 radical (unpaired) electrons. The molecule has 0 amide bonds. The summed E-state index contributed by atoms with van der Waals surface area (Å²) in [6, 6.07) is 0. The lowest BCUT2D eigenvalue weighted by Crippen LogP contribution is -2.42. The fraction of sp³-hybridized carbons (Fsp3) is 0.792. The number of carbonyl (C=O) groups is 1. The Morgan fingerprint density at radius 3 is 1.87 bits per heavy atom. The molecule has 0 aliphatic heterocycles.